The Morgan fingerprint density at radius 3 is 2.76 bits per heavy atom. The zero-order valence-electron chi connectivity index (χ0n) is 10.4. The highest BCUT2D eigenvalue weighted by Crippen LogP contribution is 2.16. The Hall–Kier alpha value is -1.77. The van der Waals surface area contributed by atoms with Crippen LogP contribution in [0.1, 0.15) is 20.3 Å². The van der Waals surface area contributed by atoms with Crippen molar-refractivity contribution < 1.29 is 0 Å². The monoisotopic (exact) mass is 229 g/mol. The summed E-state index contributed by atoms with van der Waals surface area (Å²) in [4.78, 5) is 4.35. The molecule has 3 nitrogen and oxygen atoms in total. The summed E-state index contributed by atoms with van der Waals surface area (Å²) in [5, 5.41) is 3.33. The van der Waals surface area contributed by atoms with Gasteiger partial charge in [-0.1, -0.05) is 38.5 Å². The van der Waals surface area contributed by atoms with Crippen molar-refractivity contribution in [2.45, 2.75) is 26.8 Å². The first-order chi connectivity index (χ1) is 8.29. The number of nitrogens with zero attached hydrogens (tertiary/aromatic N) is 2. The fourth-order valence-corrected chi connectivity index (χ4v) is 1.70. The Labute approximate surface area is 103 Å². The highest BCUT2D eigenvalue weighted by Gasteiger charge is 2.06. The summed E-state index contributed by atoms with van der Waals surface area (Å²) >= 11 is 0. The molecule has 3 heteroatoms. The molecule has 0 aliphatic rings. The molecule has 0 saturated carbocycles. The van der Waals surface area contributed by atoms with E-state index in [0.717, 1.165) is 18.2 Å². The van der Waals surface area contributed by atoms with Gasteiger partial charge in [-0.05, 0) is 18.1 Å². The fraction of sp³-hybridized carbons (Fsp3) is 0.357. The quantitative estimate of drug-likeness (QED) is 0.847. The van der Waals surface area contributed by atoms with Crippen LogP contribution in [0.3, 0.4) is 0 Å². The van der Waals surface area contributed by atoms with Crippen LogP contribution >= 0.6 is 0 Å². The lowest BCUT2D eigenvalue weighted by Crippen LogP contribution is -2.09. The summed E-state index contributed by atoms with van der Waals surface area (Å²) in [6.07, 6.45) is 5.05. The van der Waals surface area contributed by atoms with E-state index in [1.54, 1.807) is 0 Å². The Kier molecular flexibility index (Phi) is 3.81. The molecule has 2 aromatic rings. The van der Waals surface area contributed by atoms with Crippen molar-refractivity contribution in [2.24, 2.45) is 5.92 Å². The lowest BCUT2D eigenvalue weighted by Gasteiger charge is -2.13. The molecule has 1 unspecified atom stereocenters. The van der Waals surface area contributed by atoms with Gasteiger partial charge in [0.05, 0.1) is 0 Å². The van der Waals surface area contributed by atoms with Crippen LogP contribution in [0.5, 0.6) is 0 Å². The van der Waals surface area contributed by atoms with Gasteiger partial charge in [-0.25, -0.2) is 4.98 Å². The van der Waals surface area contributed by atoms with E-state index in [9.17, 15) is 0 Å². The van der Waals surface area contributed by atoms with Gasteiger partial charge in [0.2, 0.25) is 5.95 Å². The molecule has 0 spiro atoms. The minimum atomic E-state index is 0.667. The Morgan fingerprint density at radius 2 is 2.06 bits per heavy atom. The molecule has 0 aliphatic carbocycles. The van der Waals surface area contributed by atoms with Gasteiger partial charge in [-0.3, -0.25) is 0 Å². The molecule has 1 N–H and O–H groups in total. The second-order valence-corrected chi connectivity index (χ2v) is 4.41. The van der Waals surface area contributed by atoms with Crippen LogP contribution in [-0.4, -0.2) is 9.55 Å². The van der Waals surface area contributed by atoms with E-state index < -0.39 is 0 Å². The van der Waals surface area contributed by atoms with Gasteiger partial charge in [0.1, 0.15) is 0 Å². The summed E-state index contributed by atoms with van der Waals surface area (Å²) < 4.78 is 2.17. The first kappa shape index (κ1) is 11.7. The second-order valence-electron chi connectivity index (χ2n) is 4.41. The second kappa shape index (κ2) is 5.53. The minimum absolute atomic E-state index is 0.667. The summed E-state index contributed by atoms with van der Waals surface area (Å²) in [6, 6.07) is 10.1. The van der Waals surface area contributed by atoms with Crippen molar-refractivity contribution in [3.05, 3.63) is 42.7 Å². The van der Waals surface area contributed by atoms with Crippen LogP contribution in [0.4, 0.5) is 11.6 Å². The summed E-state index contributed by atoms with van der Waals surface area (Å²) in [5.41, 5.74) is 1.07. The Balaban J connectivity index is 2.09. The molecule has 0 fully saturated rings. The van der Waals surface area contributed by atoms with Gasteiger partial charge in [0, 0.05) is 24.6 Å². The van der Waals surface area contributed by atoms with Crippen molar-refractivity contribution in [2.75, 3.05) is 5.32 Å². The molecule has 1 heterocycles. The van der Waals surface area contributed by atoms with E-state index in [1.165, 1.54) is 6.42 Å². The van der Waals surface area contributed by atoms with Gasteiger partial charge in [0.15, 0.2) is 0 Å². The van der Waals surface area contributed by atoms with Crippen LogP contribution in [0, 0.1) is 5.92 Å². The maximum absolute atomic E-state index is 4.35. The van der Waals surface area contributed by atoms with E-state index >= 15 is 0 Å². The number of anilines is 2. The van der Waals surface area contributed by atoms with Crippen LogP contribution in [0.25, 0.3) is 0 Å². The van der Waals surface area contributed by atoms with Gasteiger partial charge >= 0.3 is 0 Å². The number of nitrogens with one attached hydrogen (secondary N) is 1. The molecule has 90 valence electrons. The Morgan fingerprint density at radius 1 is 1.29 bits per heavy atom. The number of hydrogen-bond acceptors (Lipinski definition) is 2. The summed E-state index contributed by atoms with van der Waals surface area (Å²) in [7, 11) is 0. The average molecular weight is 229 g/mol. The molecule has 0 amide bonds. The number of benzene rings is 1. The zero-order chi connectivity index (χ0) is 12.1. The summed E-state index contributed by atoms with van der Waals surface area (Å²) in [6.45, 7) is 5.48. The first-order valence-electron chi connectivity index (χ1n) is 6.12. The lowest BCUT2D eigenvalue weighted by atomic mass is 10.1. The average Bonchev–Trinajstić information content (AvgIpc) is 2.78. The topological polar surface area (TPSA) is 29.9 Å². The Bertz CT molecular complexity index is 448. The third-order valence-electron chi connectivity index (χ3n) is 2.95. The standard InChI is InChI=1S/C14H19N3/c1-3-12(2)11-17-10-9-15-14(17)16-13-7-5-4-6-8-13/h4-10,12H,3,11H2,1-2H3,(H,15,16). The largest absolute Gasteiger partial charge is 0.326 e. The van der Waals surface area contributed by atoms with E-state index in [1.807, 2.05) is 42.7 Å². The van der Waals surface area contributed by atoms with Crippen molar-refractivity contribution >= 4 is 11.6 Å². The number of aromatic nitrogens is 2. The fourth-order valence-electron chi connectivity index (χ4n) is 1.70. The molecule has 17 heavy (non-hydrogen) atoms. The molecule has 2 rings (SSSR count). The molecular formula is C14H19N3. The van der Waals surface area contributed by atoms with E-state index in [-0.39, 0.29) is 0 Å². The van der Waals surface area contributed by atoms with E-state index in [2.05, 4.69) is 28.7 Å². The van der Waals surface area contributed by atoms with E-state index in [0.29, 0.717) is 5.92 Å². The normalized spacial score (nSPS) is 12.4. The smallest absolute Gasteiger partial charge is 0.207 e. The van der Waals surface area contributed by atoms with Crippen LogP contribution in [0.15, 0.2) is 42.7 Å². The summed E-state index contributed by atoms with van der Waals surface area (Å²) in [5.74, 6) is 1.58. The van der Waals surface area contributed by atoms with Crippen molar-refractivity contribution in [3.63, 3.8) is 0 Å². The van der Waals surface area contributed by atoms with Crippen molar-refractivity contribution in [1.82, 2.24) is 9.55 Å². The maximum atomic E-state index is 4.35. The zero-order valence-corrected chi connectivity index (χ0v) is 10.4. The molecule has 0 saturated heterocycles. The molecule has 1 atom stereocenters. The highest BCUT2D eigenvalue weighted by molar-refractivity contribution is 5.52. The van der Waals surface area contributed by atoms with Crippen LogP contribution in [0.2, 0.25) is 0 Å². The lowest BCUT2D eigenvalue weighted by molar-refractivity contribution is 0.472. The van der Waals surface area contributed by atoms with Crippen molar-refractivity contribution in [1.29, 1.82) is 0 Å². The number of rotatable bonds is 5. The minimum Gasteiger partial charge on any atom is -0.326 e. The SMILES string of the molecule is CCC(C)Cn1ccnc1Nc1ccccc1. The third-order valence-corrected chi connectivity index (χ3v) is 2.95. The van der Waals surface area contributed by atoms with Crippen molar-refractivity contribution in [3.8, 4) is 0 Å². The van der Waals surface area contributed by atoms with Gasteiger partial charge < -0.3 is 9.88 Å². The number of imidazole rings is 1. The molecular weight excluding hydrogens is 210 g/mol. The number of para-hydroxylation sites is 1. The first-order valence-corrected chi connectivity index (χ1v) is 6.12. The highest BCUT2D eigenvalue weighted by atomic mass is 15.2. The molecule has 0 aliphatic heterocycles. The van der Waals surface area contributed by atoms with E-state index in [4.69, 9.17) is 0 Å². The van der Waals surface area contributed by atoms with Crippen LogP contribution < -0.4 is 5.32 Å². The predicted molar refractivity (Wildman–Crippen MR) is 71.4 cm³/mol. The number of hydrogen-bond donors (Lipinski definition) is 1. The molecule has 1 aromatic carbocycles. The van der Waals surface area contributed by atoms with Gasteiger partial charge in [-0.2, -0.15) is 0 Å². The third kappa shape index (κ3) is 3.09. The van der Waals surface area contributed by atoms with Gasteiger partial charge in [-0.15, -0.1) is 0 Å². The predicted octanol–water partition coefficient (Wildman–Crippen LogP) is 3.67. The maximum Gasteiger partial charge on any atom is 0.207 e. The van der Waals surface area contributed by atoms with Gasteiger partial charge in [0.25, 0.3) is 0 Å². The van der Waals surface area contributed by atoms with Crippen LogP contribution in [-0.2, 0) is 6.54 Å². The molecule has 0 radical (unpaired) electrons. The molecule has 1 aromatic heterocycles. The molecule has 0 bridgehead atoms.